The number of nitrogens with two attached hydrogens (primary N) is 2. The first-order chi connectivity index (χ1) is 10.5. The summed E-state index contributed by atoms with van der Waals surface area (Å²) in [7, 11) is 0. The third kappa shape index (κ3) is 5.45. The van der Waals surface area contributed by atoms with Crippen molar-refractivity contribution in [3.05, 3.63) is 33.9 Å². The van der Waals surface area contributed by atoms with Gasteiger partial charge in [0.2, 0.25) is 0 Å². The molecule has 7 N–H and O–H groups in total. The SMILES string of the molecule is NC(CCCC(N)c1ccc([As](=O)(O)O)cc1[N+](=O)[O-])C(=O)O. The van der Waals surface area contributed by atoms with Crippen LogP contribution in [0.4, 0.5) is 5.69 Å². The monoisotopic (exact) mass is 391 g/mol. The van der Waals surface area contributed by atoms with Crippen LogP contribution in [0.1, 0.15) is 30.9 Å². The van der Waals surface area contributed by atoms with Crippen molar-refractivity contribution in [2.24, 2.45) is 11.5 Å². The zero-order chi connectivity index (χ0) is 17.8. The van der Waals surface area contributed by atoms with Crippen LogP contribution in [0.2, 0.25) is 0 Å². The molecule has 0 radical (unpaired) electrons. The Kier molecular flexibility index (Phi) is 6.48. The summed E-state index contributed by atoms with van der Waals surface area (Å²) in [6.45, 7) is 0. The third-order valence-electron chi connectivity index (χ3n) is 3.29. The van der Waals surface area contributed by atoms with E-state index in [1.165, 1.54) is 6.07 Å². The Balaban J connectivity index is 2.92. The van der Waals surface area contributed by atoms with Crippen molar-refractivity contribution in [2.45, 2.75) is 31.3 Å². The average Bonchev–Trinajstić information content (AvgIpc) is 2.45. The number of benzene rings is 1. The first-order valence-electron chi connectivity index (χ1n) is 6.62. The van der Waals surface area contributed by atoms with Crippen LogP contribution in [0, 0.1) is 10.1 Å². The van der Waals surface area contributed by atoms with E-state index in [0.717, 1.165) is 12.1 Å². The van der Waals surface area contributed by atoms with E-state index in [9.17, 15) is 18.6 Å². The van der Waals surface area contributed by atoms with Crippen LogP contribution in [0.3, 0.4) is 0 Å². The molecular formula is C12H18AsN3O7. The number of rotatable bonds is 8. The summed E-state index contributed by atoms with van der Waals surface area (Å²) in [6.07, 6.45) is 0.762. The fourth-order valence-electron chi connectivity index (χ4n) is 2.02. The van der Waals surface area contributed by atoms with Crippen LogP contribution >= 0.6 is 0 Å². The standard InChI is InChI=1S/C12H18AsN3O7/c14-9(2-1-3-10(15)12(17)18)8-5-4-7(13(19,20)21)6-11(8)16(22)23/h4-6,9-10H,1-3,14-15H2,(H,17,18)(H2,19,20,21). The van der Waals surface area contributed by atoms with Crippen LogP contribution in [0.15, 0.2) is 18.2 Å². The molecule has 2 unspecified atom stereocenters. The van der Waals surface area contributed by atoms with Gasteiger partial charge in [0.25, 0.3) is 0 Å². The van der Waals surface area contributed by atoms with Crippen LogP contribution in [0.5, 0.6) is 0 Å². The fourth-order valence-corrected chi connectivity index (χ4v) is 3.19. The summed E-state index contributed by atoms with van der Waals surface area (Å²) < 4.78 is 29.1. The molecule has 1 aromatic rings. The first kappa shape index (κ1) is 19.3. The quantitative estimate of drug-likeness (QED) is 0.204. The van der Waals surface area contributed by atoms with Crippen molar-refractivity contribution in [3.63, 3.8) is 0 Å². The molecule has 10 nitrogen and oxygen atoms in total. The Hall–Kier alpha value is -1.71. The summed E-state index contributed by atoms with van der Waals surface area (Å²) in [5.41, 5.74) is 10.9. The van der Waals surface area contributed by atoms with Gasteiger partial charge >= 0.3 is 134 Å². The maximum atomic E-state index is 11.2. The Morgan fingerprint density at radius 1 is 1.30 bits per heavy atom. The molecule has 1 aromatic carbocycles. The molecule has 0 aromatic heterocycles. The number of carboxylic acid groups (broad SMARTS) is 1. The topological polar surface area (TPSA) is 190 Å². The molecular weight excluding hydrogens is 373 g/mol. The summed E-state index contributed by atoms with van der Waals surface area (Å²) in [5.74, 6) is -1.14. The molecule has 11 heteroatoms. The second-order valence-electron chi connectivity index (χ2n) is 5.03. The summed E-state index contributed by atoms with van der Waals surface area (Å²) in [4.78, 5) is 20.9. The van der Waals surface area contributed by atoms with Crippen LogP contribution in [-0.4, -0.2) is 44.4 Å². The number of nitrogens with zero attached hydrogens (tertiary/aromatic N) is 1. The normalized spacial score (nSPS) is 14.3. The minimum absolute atomic E-state index is 0.131. The number of hydrogen-bond donors (Lipinski definition) is 5. The molecule has 0 aliphatic rings. The van der Waals surface area contributed by atoms with E-state index in [4.69, 9.17) is 24.8 Å². The van der Waals surface area contributed by atoms with Gasteiger partial charge in [-0.3, -0.25) is 0 Å². The molecule has 1 rings (SSSR count). The van der Waals surface area contributed by atoms with Crippen LogP contribution < -0.4 is 15.8 Å². The van der Waals surface area contributed by atoms with Crippen LogP contribution in [-0.2, 0) is 8.53 Å². The van der Waals surface area contributed by atoms with Gasteiger partial charge in [-0.15, -0.1) is 0 Å². The fraction of sp³-hybridized carbons (Fsp3) is 0.417. The second kappa shape index (κ2) is 7.71. The van der Waals surface area contributed by atoms with Gasteiger partial charge in [-0.2, -0.15) is 0 Å². The van der Waals surface area contributed by atoms with Crippen molar-refractivity contribution in [3.8, 4) is 0 Å². The van der Waals surface area contributed by atoms with Gasteiger partial charge in [-0.25, -0.2) is 0 Å². The molecule has 0 saturated carbocycles. The Morgan fingerprint density at radius 3 is 2.39 bits per heavy atom. The van der Waals surface area contributed by atoms with Crippen molar-refractivity contribution >= 4 is 30.2 Å². The molecule has 0 amide bonds. The number of carboxylic acids is 1. The van der Waals surface area contributed by atoms with Crippen LogP contribution in [0.25, 0.3) is 0 Å². The third-order valence-corrected chi connectivity index (χ3v) is 5.29. The molecule has 0 aliphatic carbocycles. The van der Waals surface area contributed by atoms with Gasteiger partial charge in [0, 0.05) is 0 Å². The van der Waals surface area contributed by atoms with E-state index in [-0.39, 0.29) is 18.4 Å². The summed E-state index contributed by atoms with van der Waals surface area (Å²) in [5, 5.41) is 19.8. The number of hydrogen-bond acceptors (Lipinski definition) is 6. The maximum absolute atomic E-state index is 11.2. The van der Waals surface area contributed by atoms with Gasteiger partial charge in [0.1, 0.15) is 0 Å². The number of aliphatic carboxylic acids is 1. The van der Waals surface area contributed by atoms with E-state index in [1.807, 2.05) is 0 Å². The number of nitro groups is 1. The zero-order valence-electron chi connectivity index (χ0n) is 12.0. The number of carbonyl (C=O) groups is 1. The van der Waals surface area contributed by atoms with Crippen molar-refractivity contribution < 1.29 is 26.8 Å². The molecule has 0 spiro atoms. The molecule has 0 heterocycles. The molecule has 0 aliphatic heterocycles. The minimum atomic E-state index is -5.24. The van der Waals surface area contributed by atoms with Gasteiger partial charge in [0.05, 0.1) is 0 Å². The average molecular weight is 391 g/mol. The molecule has 0 bridgehead atoms. The molecule has 0 fully saturated rings. The second-order valence-corrected chi connectivity index (χ2v) is 8.39. The molecule has 128 valence electrons. The predicted octanol–water partition coefficient (Wildman–Crippen LogP) is -1.26. The summed E-state index contributed by atoms with van der Waals surface area (Å²) in [6, 6.07) is 1.37. The number of nitro benzene ring substituents is 1. The van der Waals surface area contributed by atoms with E-state index in [1.54, 1.807) is 0 Å². The zero-order valence-corrected chi connectivity index (χ0v) is 13.9. The van der Waals surface area contributed by atoms with Gasteiger partial charge < -0.3 is 0 Å². The molecule has 0 saturated heterocycles. The van der Waals surface area contributed by atoms with Gasteiger partial charge in [-0.05, 0) is 0 Å². The Labute approximate surface area is 134 Å². The summed E-state index contributed by atoms with van der Waals surface area (Å²) >= 11 is -5.24. The van der Waals surface area contributed by atoms with E-state index in [2.05, 4.69) is 0 Å². The van der Waals surface area contributed by atoms with Crippen molar-refractivity contribution in [2.75, 3.05) is 0 Å². The van der Waals surface area contributed by atoms with E-state index >= 15 is 0 Å². The predicted molar refractivity (Wildman–Crippen MR) is 80.0 cm³/mol. The van der Waals surface area contributed by atoms with Gasteiger partial charge in [0.15, 0.2) is 0 Å². The first-order valence-corrected chi connectivity index (χ1v) is 10.0. The molecule has 23 heavy (non-hydrogen) atoms. The van der Waals surface area contributed by atoms with E-state index < -0.39 is 47.2 Å². The molecule has 2 atom stereocenters. The van der Waals surface area contributed by atoms with Gasteiger partial charge in [-0.1, -0.05) is 0 Å². The van der Waals surface area contributed by atoms with Crippen molar-refractivity contribution in [1.29, 1.82) is 0 Å². The Morgan fingerprint density at radius 2 is 1.91 bits per heavy atom. The Bertz CT molecular complexity index is 646. The van der Waals surface area contributed by atoms with Crippen molar-refractivity contribution in [1.82, 2.24) is 0 Å². The van der Waals surface area contributed by atoms with E-state index in [0.29, 0.717) is 6.42 Å².